The Morgan fingerprint density at radius 1 is 1.38 bits per heavy atom. The van der Waals surface area contributed by atoms with Crippen molar-refractivity contribution < 1.29 is 4.74 Å². The molecule has 3 rings (SSSR count). The van der Waals surface area contributed by atoms with Gasteiger partial charge in [-0.1, -0.05) is 0 Å². The van der Waals surface area contributed by atoms with Crippen LogP contribution in [0.4, 0.5) is 0 Å². The molecule has 0 spiro atoms. The summed E-state index contributed by atoms with van der Waals surface area (Å²) in [5.74, 6) is 0.522. The van der Waals surface area contributed by atoms with Crippen LogP contribution in [0, 0.1) is 0 Å². The van der Waals surface area contributed by atoms with Crippen LogP contribution in [0.15, 0.2) is 22.9 Å². The Balaban J connectivity index is 1.97. The van der Waals surface area contributed by atoms with Crippen LogP contribution in [0.25, 0.3) is 5.65 Å². The summed E-state index contributed by atoms with van der Waals surface area (Å²) in [6.07, 6.45) is 5.85. The smallest absolute Gasteiger partial charge is 0.155 e. The molecule has 0 aliphatic carbocycles. The second-order valence-corrected chi connectivity index (χ2v) is 4.95. The van der Waals surface area contributed by atoms with Crippen LogP contribution in [-0.2, 0) is 4.74 Å². The van der Waals surface area contributed by atoms with E-state index in [9.17, 15) is 0 Å². The van der Waals surface area contributed by atoms with Gasteiger partial charge in [-0.2, -0.15) is 5.10 Å². The number of aromatic nitrogens is 3. The molecule has 4 nitrogen and oxygen atoms in total. The highest BCUT2D eigenvalue weighted by Crippen LogP contribution is 2.26. The van der Waals surface area contributed by atoms with E-state index in [1.807, 2.05) is 10.7 Å². The van der Waals surface area contributed by atoms with Gasteiger partial charge in [-0.15, -0.1) is 0 Å². The fraction of sp³-hybridized carbons (Fsp3) is 0.455. The standard InChI is InChI=1S/C11H12BrN3O/c12-9-6-13-11-5-10(14-15(11)7-9)8-1-3-16-4-2-8/h5-8H,1-4H2. The van der Waals surface area contributed by atoms with Gasteiger partial charge >= 0.3 is 0 Å². The fourth-order valence-electron chi connectivity index (χ4n) is 2.07. The molecule has 1 aliphatic heterocycles. The van der Waals surface area contributed by atoms with Crippen molar-refractivity contribution in [1.82, 2.24) is 14.6 Å². The molecule has 0 N–H and O–H groups in total. The number of ether oxygens (including phenoxy) is 1. The van der Waals surface area contributed by atoms with E-state index in [2.05, 4.69) is 32.1 Å². The maximum Gasteiger partial charge on any atom is 0.155 e. The highest BCUT2D eigenvalue weighted by atomic mass is 79.9. The maximum absolute atomic E-state index is 5.36. The molecule has 0 bridgehead atoms. The molecule has 1 saturated heterocycles. The van der Waals surface area contributed by atoms with Crippen LogP contribution in [-0.4, -0.2) is 27.8 Å². The summed E-state index contributed by atoms with van der Waals surface area (Å²) in [7, 11) is 0. The van der Waals surface area contributed by atoms with Crippen molar-refractivity contribution in [3.8, 4) is 0 Å². The molecule has 2 aromatic heterocycles. The Morgan fingerprint density at radius 2 is 2.19 bits per heavy atom. The van der Waals surface area contributed by atoms with Gasteiger partial charge in [-0.3, -0.25) is 0 Å². The summed E-state index contributed by atoms with van der Waals surface area (Å²) in [5, 5.41) is 4.57. The quantitative estimate of drug-likeness (QED) is 0.806. The highest BCUT2D eigenvalue weighted by molar-refractivity contribution is 9.10. The van der Waals surface area contributed by atoms with Crippen molar-refractivity contribution in [2.45, 2.75) is 18.8 Å². The molecule has 3 heterocycles. The van der Waals surface area contributed by atoms with Gasteiger partial charge in [0.2, 0.25) is 0 Å². The normalized spacial score (nSPS) is 18.1. The molecule has 84 valence electrons. The monoisotopic (exact) mass is 281 g/mol. The predicted molar refractivity (Wildman–Crippen MR) is 63.5 cm³/mol. The zero-order valence-electron chi connectivity index (χ0n) is 8.77. The minimum atomic E-state index is 0.522. The predicted octanol–water partition coefficient (Wildman–Crippen LogP) is 2.39. The van der Waals surface area contributed by atoms with E-state index in [-0.39, 0.29) is 0 Å². The van der Waals surface area contributed by atoms with Crippen LogP contribution in [0.2, 0.25) is 0 Å². The minimum Gasteiger partial charge on any atom is -0.381 e. The third-order valence-corrected chi connectivity index (χ3v) is 3.35. The molecule has 0 amide bonds. The first-order chi connectivity index (χ1) is 7.83. The minimum absolute atomic E-state index is 0.522. The molecule has 0 unspecified atom stereocenters. The van der Waals surface area contributed by atoms with E-state index in [0.717, 1.165) is 41.9 Å². The molecule has 5 heteroatoms. The number of halogens is 1. The van der Waals surface area contributed by atoms with Crippen LogP contribution in [0.3, 0.4) is 0 Å². The van der Waals surface area contributed by atoms with Crippen LogP contribution in [0.1, 0.15) is 24.5 Å². The van der Waals surface area contributed by atoms with Crippen LogP contribution >= 0.6 is 15.9 Å². The highest BCUT2D eigenvalue weighted by Gasteiger charge is 2.19. The molecule has 0 radical (unpaired) electrons. The lowest BCUT2D eigenvalue weighted by Gasteiger charge is -2.19. The Morgan fingerprint density at radius 3 is 3.00 bits per heavy atom. The largest absolute Gasteiger partial charge is 0.381 e. The first-order valence-corrected chi connectivity index (χ1v) is 6.21. The van der Waals surface area contributed by atoms with Gasteiger partial charge in [0.25, 0.3) is 0 Å². The molecular weight excluding hydrogens is 270 g/mol. The van der Waals surface area contributed by atoms with Crippen molar-refractivity contribution in [3.63, 3.8) is 0 Å². The lowest BCUT2D eigenvalue weighted by atomic mass is 9.97. The van der Waals surface area contributed by atoms with Crippen LogP contribution in [0.5, 0.6) is 0 Å². The second-order valence-electron chi connectivity index (χ2n) is 4.03. The summed E-state index contributed by atoms with van der Waals surface area (Å²) >= 11 is 3.39. The van der Waals surface area contributed by atoms with Crippen LogP contribution < -0.4 is 0 Å². The van der Waals surface area contributed by atoms with Gasteiger partial charge < -0.3 is 4.74 Å². The van der Waals surface area contributed by atoms with Crippen molar-refractivity contribution >= 4 is 21.6 Å². The Kier molecular flexibility index (Phi) is 2.65. The number of fused-ring (bicyclic) bond motifs is 1. The zero-order valence-corrected chi connectivity index (χ0v) is 10.4. The molecule has 0 atom stereocenters. The molecule has 1 fully saturated rings. The van der Waals surface area contributed by atoms with Gasteiger partial charge in [0, 0.05) is 37.6 Å². The van der Waals surface area contributed by atoms with E-state index < -0.39 is 0 Å². The first-order valence-electron chi connectivity index (χ1n) is 5.41. The van der Waals surface area contributed by atoms with E-state index >= 15 is 0 Å². The second kappa shape index (κ2) is 4.14. The van der Waals surface area contributed by atoms with E-state index in [1.54, 1.807) is 6.20 Å². The number of hydrogen-bond donors (Lipinski definition) is 0. The molecular formula is C11H12BrN3O. The molecule has 16 heavy (non-hydrogen) atoms. The average molecular weight is 282 g/mol. The summed E-state index contributed by atoms with van der Waals surface area (Å²) in [4.78, 5) is 4.32. The third-order valence-electron chi connectivity index (χ3n) is 2.94. The van der Waals surface area contributed by atoms with E-state index in [1.165, 1.54) is 0 Å². The molecule has 2 aromatic rings. The lowest BCUT2D eigenvalue weighted by Crippen LogP contribution is -2.14. The lowest BCUT2D eigenvalue weighted by molar-refractivity contribution is 0.0844. The van der Waals surface area contributed by atoms with Crippen molar-refractivity contribution in [1.29, 1.82) is 0 Å². The summed E-state index contributed by atoms with van der Waals surface area (Å²) in [6, 6.07) is 2.07. The van der Waals surface area contributed by atoms with Gasteiger partial charge in [0.15, 0.2) is 5.65 Å². The van der Waals surface area contributed by atoms with Gasteiger partial charge in [-0.25, -0.2) is 9.50 Å². The number of nitrogens with zero attached hydrogens (tertiary/aromatic N) is 3. The van der Waals surface area contributed by atoms with Crippen molar-refractivity contribution in [2.75, 3.05) is 13.2 Å². The van der Waals surface area contributed by atoms with Crippen molar-refractivity contribution in [2.24, 2.45) is 0 Å². The van der Waals surface area contributed by atoms with E-state index in [4.69, 9.17) is 4.74 Å². The average Bonchev–Trinajstić information content (AvgIpc) is 2.73. The summed E-state index contributed by atoms with van der Waals surface area (Å²) in [6.45, 7) is 1.69. The Bertz CT molecular complexity index is 505. The van der Waals surface area contributed by atoms with Gasteiger partial charge in [-0.05, 0) is 28.8 Å². The zero-order chi connectivity index (χ0) is 11.0. The topological polar surface area (TPSA) is 39.4 Å². The summed E-state index contributed by atoms with van der Waals surface area (Å²) in [5.41, 5.74) is 2.04. The SMILES string of the molecule is Brc1cnc2cc(C3CCOCC3)nn2c1. The fourth-order valence-corrected chi connectivity index (χ4v) is 2.36. The maximum atomic E-state index is 5.36. The van der Waals surface area contributed by atoms with Gasteiger partial charge in [0.1, 0.15) is 0 Å². The number of rotatable bonds is 1. The Labute approximate surface area is 102 Å². The van der Waals surface area contributed by atoms with Crippen molar-refractivity contribution in [3.05, 3.63) is 28.6 Å². The summed E-state index contributed by atoms with van der Waals surface area (Å²) < 4.78 is 8.13. The Hall–Kier alpha value is -0.940. The first kappa shape index (κ1) is 10.2. The van der Waals surface area contributed by atoms with E-state index in [0.29, 0.717) is 5.92 Å². The third kappa shape index (κ3) is 1.85. The molecule has 0 aromatic carbocycles. The molecule has 1 aliphatic rings. The number of hydrogen-bond acceptors (Lipinski definition) is 3. The molecule has 0 saturated carbocycles. The van der Waals surface area contributed by atoms with Gasteiger partial charge in [0.05, 0.1) is 10.2 Å².